The Balaban J connectivity index is 3.16. The Morgan fingerprint density at radius 1 is 1.22 bits per heavy atom. The van der Waals surface area contributed by atoms with Gasteiger partial charge >= 0.3 is 0 Å². The Labute approximate surface area is 114 Å². The molecule has 0 amide bonds. The minimum atomic E-state index is 0.699. The van der Waals surface area contributed by atoms with E-state index in [-0.39, 0.29) is 0 Å². The zero-order valence-corrected chi connectivity index (χ0v) is 12.1. The number of ether oxygens (including phenoxy) is 2. The van der Waals surface area contributed by atoms with Crippen LogP contribution in [0.25, 0.3) is 0 Å². The topological polar surface area (TPSA) is 44.5 Å². The molecule has 0 bridgehead atoms. The number of hydrogen-bond acceptors (Lipinski definition) is 3. The van der Waals surface area contributed by atoms with E-state index in [2.05, 4.69) is 6.92 Å². The van der Waals surface area contributed by atoms with E-state index in [0.717, 1.165) is 53.3 Å². The van der Waals surface area contributed by atoms with Crippen LogP contribution in [0.1, 0.15) is 30.9 Å². The van der Waals surface area contributed by atoms with Crippen LogP contribution in [-0.2, 0) is 12.8 Å². The van der Waals surface area contributed by atoms with Crippen molar-refractivity contribution < 1.29 is 9.47 Å². The molecule has 0 saturated heterocycles. The largest absolute Gasteiger partial charge is 0.493 e. The van der Waals surface area contributed by atoms with Crippen molar-refractivity contribution in [1.82, 2.24) is 0 Å². The molecule has 0 aromatic heterocycles. The molecule has 0 aliphatic carbocycles. The van der Waals surface area contributed by atoms with Gasteiger partial charge in [0.2, 0.25) is 0 Å². The Kier molecular flexibility index (Phi) is 6.30. The minimum absolute atomic E-state index is 0.699. The summed E-state index contributed by atoms with van der Waals surface area (Å²) < 4.78 is 10.8. The summed E-state index contributed by atoms with van der Waals surface area (Å²) in [5.74, 6) is 1.50. The van der Waals surface area contributed by atoms with Gasteiger partial charge < -0.3 is 15.2 Å². The molecule has 0 atom stereocenters. The van der Waals surface area contributed by atoms with Gasteiger partial charge in [-0.2, -0.15) is 0 Å². The first-order valence-corrected chi connectivity index (χ1v) is 6.69. The highest BCUT2D eigenvalue weighted by atomic mass is 35.5. The molecule has 0 radical (unpaired) electrons. The highest BCUT2D eigenvalue weighted by Crippen LogP contribution is 2.39. The summed E-state index contributed by atoms with van der Waals surface area (Å²) in [5, 5.41) is 0.798. The number of halogens is 1. The number of rotatable bonds is 7. The zero-order chi connectivity index (χ0) is 13.5. The van der Waals surface area contributed by atoms with E-state index in [9.17, 15) is 0 Å². The number of benzene rings is 1. The summed E-state index contributed by atoms with van der Waals surface area (Å²) in [6.45, 7) is 2.78. The van der Waals surface area contributed by atoms with E-state index < -0.39 is 0 Å². The molecule has 2 N–H and O–H groups in total. The summed E-state index contributed by atoms with van der Waals surface area (Å²) >= 11 is 6.43. The molecule has 1 rings (SSSR count). The average molecular weight is 272 g/mol. The van der Waals surface area contributed by atoms with Crippen LogP contribution in [0.3, 0.4) is 0 Å². The van der Waals surface area contributed by atoms with Gasteiger partial charge in [0.05, 0.1) is 19.2 Å². The molecule has 4 heteroatoms. The van der Waals surface area contributed by atoms with Crippen molar-refractivity contribution in [2.45, 2.75) is 32.6 Å². The fourth-order valence-electron chi connectivity index (χ4n) is 2.03. The standard InChI is InChI=1S/C14H22ClNO2/c1-4-10-9-12(17-2)14(18-3)11(13(10)15)7-5-6-8-16/h9H,4-8,16H2,1-3H3. The van der Waals surface area contributed by atoms with Gasteiger partial charge in [0.15, 0.2) is 11.5 Å². The van der Waals surface area contributed by atoms with Gasteiger partial charge in [-0.15, -0.1) is 0 Å². The van der Waals surface area contributed by atoms with Gasteiger partial charge in [-0.05, 0) is 43.9 Å². The molecule has 0 saturated carbocycles. The molecule has 1 aromatic carbocycles. The fraction of sp³-hybridized carbons (Fsp3) is 0.571. The van der Waals surface area contributed by atoms with E-state index in [1.165, 1.54) is 0 Å². The van der Waals surface area contributed by atoms with E-state index in [0.29, 0.717) is 6.54 Å². The predicted octanol–water partition coefficient (Wildman–Crippen LogP) is 3.20. The third-order valence-corrected chi connectivity index (χ3v) is 3.51. The first kappa shape index (κ1) is 15.1. The fourth-order valence-corrected chi connectivity index (χ4v) is 2.40. The van der Waals surface area contributed by atoms with Crippen LogP contribution < -0.4 is 15.2 Å². The van der Waals surface area contributed by atoms with E-state index in [4.69, 9.17) is 26.8 Å². The number of hydrogen-bond donors (Lipinski definition) is 1. The van der Waals surface area contributed by atoms with Crippen molar-refractivity contribution in [3.8, 4) is 11.5 Å². The van der Waals surface area contributed by atoms with Crippen molar-refractivity contribution in [2.75, 3.05) is 20.8 Å². The van der Waals surface area contributed by atoms with Gasteiger partial charge in [-0.25, -0.2) is 0 Å². The Morgan fingerprint density at radius 2 is 1.94 bits per heavy atom. The number of aryl methyl sites for hydroxylation is 1. The van der Waals surface area contributed by atoms with Crippen LogP contribution in [0, 0.1) is 0 Å². The number of unbranched alkanes of at least 4 members (excludes halogenated alkanes) is 1. The zero-order valence-electron chi connectivity index (χ0n) is 11.4. The van der Waals surface area contributed by atoms with Crippen LogP contribution in [0.15, 0.2) is 6.07 Å². The second-order valence-electron chi connectivity index (χ2n) is 4.16. The minimum Gasteiger partial charge on any atom is -0.493 e. The summed E-state index contributed by atoms with van der Waals surface area (Å²) in [7, 11) is 3.29. The van der Waals surface area contributed by atoms with Crippen molar-refractivity contribution in [3.05, 3.63) is 22.2 Å². The van der Waals surface area contributed by atoms with Gasteiger partial charge in [0, 0.05) is 5.56 Å². The molecule has 0 fully saturated rings. The lowest BCUT2D eigenvalue weighted by molar-refractivity contribution is 0.351. The van der Waals surface area contributed by atoms with Crippen LogP contribution in [0.5, 0.6) is 11.5 Å². The summed E-state index contributed by atoms with van der Waals surface area (Å²) in [6, 6.07) is 1.95. The maximum absolute atomic E-state index is 6.43. The normalized spacial score (nSPS) is 10.5. The molecule has 0 unspecified atom stereocenters. The molecule has 0 aliphatic rings. The Hall–Kier alpha value is -0.930. The smallest absolute Gasteiger partial charge is 0.165 e. The van der Waals surface area contributed by atoms with Gasteiger partial charge in [0.1, 0.15) is 0 Å². The highest BCUT2D eigenvalue weighted by molar-refractivity contribution is 6.32. The lowest BCUT2D eigenvalue weighted by Crippen LogP contribution is -2.03. The summed E-state index contributed by atoms with van der Waals surface area (Å²) in [5.41, 5.74) is 7.65. The van der Waals surface area contributed by atoms with Crippen molar-refractivity contribution in [3.63, 3.8) is 0 Å². The highest BCUT2D eigenvalue weighted by Gasteiger charge is 2.17. The molecule has 1 aromatic rings. The number of methoxy groups -OCH3 is 2. The first-order valence-electron chi connectivity index (χ1n) is 6.31. The van der Waals surface area contributed by atoms with Gasteiger partial charge in [-0.3, -0.25) is 0 Å². The van der Waals surface area contributed by atoms with Crippen molar-refractivity contribution >= 4 is 11.6 Å². The predicted molar refractivity (Wildman–Crippen MR) is 75.9 cm³/mol. The molecule has 0 spiro atoms. The van der Waals surface area contributed by atoms with Gasteiger partial charge in [-0.1, -0.05) is 18.5 Å². The quantitative estimate of drug-likeness (QED) is 0.775. The maximum atomic E-state index is 6.43. The van der Waals surface area contributed by atoms with Crippen molar-refractivity contribution in [2.24, 2.45) is 5.73 Å². The lowest BCUT2D eigenvalue weighted by atomic mass is 10.0. The van der Waals surface area contributed by atoms with Crippen LogP contribution in [0.4, 0.5) is 0 Å². The van der Waals surface area contributed by atoms with Crippen LogP contribution in [0.2, 0.25) is 5.02 Å². The third-order valence-electron chi connectivity index (χ3n) is 3.04. The summed E-state index contributed by atoms with van der Waals surface area (Å²) in [6.07, 6.45) is 3.73. The van der Waals surface area contributed by atoms with Crippen LogP contribution >= 0.6 is 11.6 Å². The van der Waals surface area contributed by atoms with E-state index in [1.807, 2.05) is 6.07 Å². The van der Waals surface area contributed by atoms with Crippen molar-refractivity contribution in [1.29, 1.82) is 0 Å². The lowest BCUT2D eigenvalue weighted by Gasteiger charge is -2.17. The SMILES string of the molecule is CCc1cc(OC)c(OC)c(CCCCN)c1Cl. The second-order valence-corrected chi connectivity index (χ2v) is 4.54. The van der Waals surface area contributed by atoms with E-state index in [1.54, 1.807) is 14.2 Å². The van der Waals surface area contributed by atoms with Gasteiger partial charge in [0.25, 0.3) is 0 Å². The molecule has 3 nitrogen and oxygen atoms in total. The Morgan fingerprint density at radius 3 is 2.44 bits per heavy atom. The number of nitrogens with two attached hydrogens (primary N) is 1. The molecule has 0 aliphatic heterocycles. The van der Waals surface area contributed by atoms with Crippen LogP contribution in [-0.4, -0.2) is 20.8 Å². The monoisotopic (exact) mass is 271 g/mol. The third kappa shape index (κ3) is 3.30. The molecule has 18 heavy (non-hydrogen) atoms. The Bertz CT molecular complexity index is 394. The van der Waals surface area contributed by atoms with E-state index >= 15 is 0 Å². The molecule has 0 heterocycles. The maximum Gasteiger partial charge on any atom is 0.165 e. The first-order chi connectivity index (χ1) is 8.69. The molecular formula is C14H22ClNO2. The molecule has 102 valence electrons. The second kappa shape index (κ2) is 7.49. The summed E-state index contributed by atoms with van der Waals surface area (Å²) in [4.78, 5) is 0. The average Bonchev–Trinajstić information content (AvgIpc) is 2.40. The molecular weight excluding hydrogens is 250 g/mol.